The smallest absolute Gasteiger partial charge is 0.193 e. The molecule has 64 valence electrons. The van der Waals surface area contributed by atoms with E-state index in [1.54, 1.807) is 6.07 Å². The van der Waals surface area contributed by atoms with Gasteiger partial charge < -0.3 is 15.6 Å². The van der Waals surface area contributed by atoms with Crippen molar-refractivity contribution in [2.45, 2.75) is 6.92 Å². The number of nitrogens with one attached hydrogen (secondary N) is 1. The number of fused-ring (bicyclic) bond motifs is 1. The van der Waals surface area contributed by atoms with E-state index < -0.39 is 0 Å². The molecule has 4 heteroatoms. The molecule has 0 aliphatic carbocycles. The maximum atomic E-state index is 5.49. The van der Waals surface area contributed by atoms with E-state index in [2.05, 4.69) is 5.43 Å². The number of nitrogen functional groups attached to an aromatic ring is 1. The molecule has 0 bridgehead atoms. The van der Waals surface area contributed by atoms with Gasteiger partial charge >= 0.3 is 0 Å². The van der Waals surface area contributed by atoms with Crippen LogP contribution < -0.4 is 11.2 Å². The summed E-state index contributed by atoms with van der Waals surface area (Å²) in [6.45, 7) is 2.91. The Kier molecular flexibility index (Phi) is 1.46. The molecule has 2 aromatic heterocycles. The number of anilines is 1. The normalized spacial score (nSPS) is 10.8. The lowest BCUT2D eigenvalue weighted by molar-refractivity contribution is 0.638. The van der Waals surface area contributed by atoms with Gasteiger partial charge in [0, 0.05) is 24.9 Å². The molecule has 0 fully saturated rings. The Morgan fingerprint density at radius 1 is 1.67 bits per heavy atom. The van der Waals surface area contributed by atoms with Crippen LogP contribution in [0.1, 0.15) is 6.92 Å². The van der Waals surface area contributed by atoms with Gasteiger partial charge in [0.25, 0.3) is 0 Å². The van der Waals surface area contributed by atoms with E-state index in [1.165, 1.54) is 0 Å². The number of hydrogen-bond acceptors (Lipinski definition) is 3. The molecule has 0 amide bonds. The summed E-state index contributed by atoms with van der Waals surface area (Å²) in [5.41, 5.74) is 10.4. The molecule has 0 radical (unpaired) electrons. The summed E-state index contributed by atoms with van der Waals surface area (Å²) in [7, 11) is 0. The minimum absolute atomic E-state index is 0.451. The molecule has 2 aromatic rings. The SMILES string of the molecule is CCNn1ccc2oc(N)cc21. The Balaban J connectivity index is 2.53. The second-order valence-corrected chi connectivity index (χ2v) is 2.60. The predicted molar refractivity (Wildman–Crippen MR) is 48.5 cm³/mol. The van der Waals surface area contributed by atoms with E-state index in [0.717, 1.165) is 17.6 Å². The Bertz CT molecular complexity index is 388. The summed E-state index contributed by atoms with van der Waals surface area (Å²) >= 11 is 0. The molecule has 0 saturated carbocycles. The van der Waals surface area contributed by atoms with Crippen LogP contribution in [0.3, 0.4) is 0 Å². The lowest BCUT2D eigenvalue weighted by atomic mass is 10.5. The van der Waals surface area contributed by atoms with E-state index in [4.69, 9.17) is 10.2 Å². The Hall–Kier alpha value is -1.58. The largest absolute Gasteiger partial charge is 0.439 e. The maximum Gasteiger partial charge on any atom is 0.193 e. The molecule has 0 atom stereocenters. The van der Waals surface area contributed by atoms with Crippen molar-refractivity contribution in [3.05, 3.63) is 18.3 Å². The molecule has 0 unspecified atom stereocenters. The van der Waals surface area contributed by atoms with Crippen molar-refractivity contribution < 1.29 is 4.42 Å². The van der Waals surface area contributed by atoms with Gasteiger partial charge in [0.2, 0.25) is 0 Å². The first kappa shape index (κ1) is 7.09. The zero-order valence-electron chi connectivity index (χ0n) is 6.87. The first-order valence-electron chi connectivity index (χ1n) is 3.91. The number of nitrogens with two attached hydrogens (primary N) is 1. The highest BCUT2D eigenvalue weighted by molar-refractivity contribution is 5.77. The van der Waals surface area contributed by atoms with Gasteiger partial charge in [-0.15, -0.1) is 0 Å². The van der Waals surface area contributed by atoms with Crippen LogP contribution in [0.15, 0.2) is 22.7 Å². The predicted octanol–water partition coefficient (Wildman–Crippen LogP) is 1.38. The van der Waals surface area contributed by atoms with Gasteiger partial charge in [0.1, 0.15) is 5.52 Å². The molecular formula is C8H11N3O. The average molecular weight is 165 g/mol. The molecule has 0 aliphatic rings. The minimum Gasteiger partial charge on any atom is -0.439 e. The maximum absolute atomic E-state index is 5.49. The van der Waals surface area contributed by atoms with E-state index in [1.807, 2.05) is 23.9 Å². The third-order valence-electron chi connectivity index (χ3n) is 1.72. The first-order valence-corrected chi connectivity index (χ1v) is 3.91. The van der Waals surface area contributed by atoms with Gasteiger partial charge in [0.05, 0.1) is 0 Å². The highest BCUT2D eigenvalue weighted by Gasteiger charge is 2.04. The summed E-state index contributed by atoms with van der Waals surface area (Å²) in [6, 6.07) is 3.69. The number of nitrogens with zero attached hydrogens (tertiary/aromatic N) is 1. The number of rotatable bonds is 2. The molecule has 2 rings (SSSR count). The van der Waals surface area contributed by atoms with Gasteiger partial charge in [-0.05, 0) is 6.92 Å². The monoisotopic (exact) mass is 165 g/mol. The van der Waals surface area contributed by atoms with Crippen molar-refractivity contribution in [1.82, 2.24) is 4.68 Å². The fraction of sp³-hybridized carbons (Fsp3) is 0.250. The second kappa shape index (κ2) is 2.48. The van der Waals surface area contributed by atoms with Gasteiger partial charge in [0.15, 0.2) is 11.5 Å². The molecule has 0 aromatic carbocycles. The fourth-order valence-electron chi connectivity index (χ4n) is 1.25. The number of hydrogen-bond donors (Lipinski definition) is 2. The topological polar surface area (TPSA) is 56.1 Å². The Labute approximate surface area is 69.9 Å². The molecule has 2 heterocycles. The van der Waals surface area contributed by atoms with Crippen LogP contribution in [-0.4, -0.2) is 11.2 Å². The van der Waals surface area contributed by atoms with Crippen LogP contribution >= 0.6 is 0 Å². The van der Waals surface area contributed by atoms with Crippen LogP contribution in [0, 0.1) is 0 Å². The third kappa shape index (κ3) is 0.922. The molecule has 0 saturated heterocycles. The molecule has 0 aliphatic heterocycles. The van der Waals surface area contributed by atoms with Gasteiger partial charge in [-0.25, -0.2) is 0 Å². The summed E-state index contributed by atoms with van der Waals surface area (Å²) in [5, 5.41) is 0. The first-order chi connectivity index (χ1) is 5.81. The van der Waals surface area contributed by atoms with Crippen LogP contribution in [0.25, 0.3) is 11.1 Å². The quantitative estimate of drug-likeness (QED) is 0.706. The van der Waals surface area contributed by atoms with Crippen LogP contribution in [-0.2, 0) is 0 Å². The molecule has 12 heavy (non-hydrogen) atoms. The van der Waals surface area contributed by atoms with Crippen LogP contribution in [0.5, 0.6) is 0 Å². The van der Waals surface area contributed by atoms with E-state index in [0.29, 0.717) is 5.88 Å². The lowest BCUT2D eigenvalue weighted by Crippen LogP contribution is -2.11. The fourth-order valence-corrected chi connectivity index (χ4v) is 1.25. The van der Waals surface area contributed by atoms with Crippen molar-refractivity contribution in [2.24, 2.45) is 0 Å². The zero-order valence-corrected chi connectivity index (χ0v) is 6.87. The van der Waals surface area contributed by atoms with E-state index >= 15 is 0 Å². The molecular weight excluding hydrogens is 154 g/mol. The summed E-state index contributed by atoms with van der Waals surface area (Å²) < 4.78 is 7.11. The highest BCUT2D eigenvalue weighted by Crippen LogP contribution is 2.20. The summed E-state index contributed by atoms with van der Waals surface area (Å²) in [4.78, 5) is 0. The molecule has 0 spiro atoms. The third-order valence-corrected chi connectivity index (χ3v) is 1.72. The molecule has 4 nitrogen and oxygen atoms in total. The number of furan rings is 1. The Morgan fingerprint density at radius 2 is 2.50 bits per heavy atom. The van der Waals surface area contributed by atoms with Crippen molar-refractivity contribution in [2.75, 3.05) is 17.7 Å². The van der Waals surface area contributed by atoms with Gasteiger partial charge in [-0.1, -0.05) is 0 Å². The molecule has 3 N–H and O–H groups in total. The Morgan fingerprint density at radius 3 is 3.25 bits per heavy atom. The summed E-state index contributed by atoms with van der Waals surface area (Å²) in [6.07, 6.45) is 1.91. The van der Waals surface area contributed by atoms with Gasteiger partial charge in [-0.2, -0.15) is 0 Å². The average Bonchev–Trinajstić information content (AvgIpc) is 2.52. The lowest BCUT2D eigenvalue weighted by Gasteiger charge is -2.02. The number of aromatic nitrogens is 1. The standard InChI is InChI=1S/C8H11N3O/c1-2-10-11-4-3-7-6(11)5-8(9)12-7/h3-5,10H,2,9H2,1H3. The highest BCUT2D eigenvalue weighted by atomic mass is 16.3. The van der Waals surface area contributed by atoms with Crippen molar-refractivity contribution in [3.63, 3.8) is 0 Å². The van der Waals surface area contributed by atoms with Crippen LogP contribution in [0.2, 0.25) is 0 Å². The minimum atomic E-state index is 0.451. The van der Waals surface area contributed by atoms with Crippen molar-refractivity contribution in [3.8, 4) is 0 Å². The van der Waals surface area contributed by atoms with Crippen molar-refractivity contribution >= 4 is 17.0 Å². The van der Waals surface area contributed by atoms with Crippen molar-refractivity contribution in [1.29, 1.82) is 0 Å². The van der Waals surface area contributed by atoms with Crippen LogP contribution in [0.4, 0.5) is 5.88 Å². The summed E-state index contributed by atoms with van der Waals surface area (Å²) in [5.74, 6) is 0.451. The second-order valence-electron chi connectivity index (χ2n) is 2.60. The van der Waals surface area contributed by atoms with E-state index in [-0.39, 0.29) is 0 Å². The van der Waals surface area contributed by atoms with E-state index in [9.17, 15) is 0 Å². The van der Waals surface area contributed by atoms with Gasteiger partial charge in [-0.3, -0.25) is 4.68 Å². The zero-order chi connectivity index (χ0) is 8.55.